The third-order valence-corrected chi connectivity index (χ3v) is 8.67. The predicted molar refractivity (Wildman–Crippen MR) is 212 cm³/mol. The van der Waals surface area contributed by atoms with Crippen molar-refractivity contribution in [2.75, 3.05) is 0 Å². The molecule has 0 heterocycles. The highest BCUT2D eigenvalue weighted by molar-refractivity contribution is 6.13. The average Bonchev–Trinajstić information content (AvgIpc) is 3.23. The van der Waals surface area contributed by atoms with Gasteiger partial charge in [-0.1, -0.05) is 97.1 Å². The van der Waals surface area contributed by atoms with E-state index in [0.29, 0.717) is 22.3 Å². The third-order valence-electron chi connectivity index (χ3n) is 8.67. The van der Waals surface area contributed by atoms with Crippen molar-refractivity contribution < 1.29 is 58.7 Å². The number of hydrogen-bond donors (Lipinski definition) is 4. The molecule has 6 aromatic carbocycles. The minimum Gasteiger partial charge on any atom is -0.478 e. The van der Waals surface area contributed by atoms with Crippen molar-refractivity contribution in [2.24, 2.45) is 0 Å². The van der Waals surface area contributed by atoms with Gasteiger partial charge in [-0.15, -0.1) is 0 Å². The molecule has 4 N–H and O–H groups in total. The van der Waals surface area contributed by atoms with E-state index in [1.807, 2.05) is 0 Å². The maximum atomic E-state index is 12.7. The largest absolute Gasteiger partial charge is 0.478 e. The lowest BCUT2D eigenvalue weighted by atomic mass is 9.89. The lowest BCUT2D eigenvalue weighted by Crippen LogP contribution is -2.15. The van der Waals surface area contributed by atoms with Gasteiger partial charge < -0.3 is 29.9 Å². The Morgan fingerprint density at radius 3 is 1.02 bits per heavy atom. The van der Waals surface area contributed by atoms with Crippen LogP contribution in [0.5, 0.6) is 23.0 Å². The minimum absolute atomic E-state index is 0.115. The Kier molecular flexibility index (Phi) is 11.8. The van der Waals surface area contributed by atoms with Gasteiger partial charge in [-0.05, 0) is 82.9 Å². The molecule has 6 aromatic rings. The van der Waals surface area contributed by atoms with Crippen molar-refractivity contribution >= 4 is 47.6 Å². The second-order valence-electron chi connectivity index (χ2n) is 12.4. The van der Waals surface area contributed by atoms with Crippen LogP contribution in [0.1, 0.15) is 73.3 Å². The fourth-order valence-corrected chi connectivity index (χ4v) is 5.94. The lowest BCUT2D eigenvalue weighted by molar-refractivity contribution is 0.0647. The van der Waals surface area contributed by atoms with E-state index >= 15 is 0 Å². The normalized spacial score (nSPS) is 11.0. The summed E-state index contributed by atoms with van der Waals surface area (Å²) in [5.41, 5.74) is -1.95. The van der Waals surface area contributed by atoms with E-state index in [9.17, 15) is 49.2 Å². The number of carbonyl (C=O) groups is 6. The van der Waals surface area contributed by atoms with Gasteiger partial charge >= 0.3 is 23.9 Å². The summed E-state index contributed by atoms with van der Waals surface area (Å²) in [5, 5.41) is 41.1. The van der Waals surface area contributed by atoms with Gasteiger partial charge in [0.15, 0.2) is 11.6 Å². The summed E-state index contributed by atoms with van der Waals surface area (Å²) in [5.74, 6) is -7.94. The molecule has 12 nitrogen and oxygen atoms in total. The molecule has 0 saturated carbocycles. The molecule has 0 aliphatic heterocycles. The number of ether oxygens (including phenoxy) is 2. The van der Waals surface area contributed by atoms with Crippen LogP contribution in [0.2, 0.25) is 0 Å². The number of aromatic carboxylic acids is 4. The van der Waals surface area contributed by atoms with Crippen LogP contribution in [0.3, 0.4) is 0 Å². The molecule has 0 atom stereocenters. The first-order valence-electron chi connectivity index (χ1n) is 17.3. The van der Waals surface area contributed by atoms with Crippen LogP contribution in [-0.2, 0) is 0 Å². The first-order valence-corrected chi connectivity index (χ1v) is 17.3. The fourth-order valence-electron chi connectivity index (χ4n) is 5.94. The van der Waals surface area contributed by atoms with Gasteiger partial charge in [0.05, 0.1) is 11.1 Å². The Morgan fingerprint density at radius 1 is 0.379 bits per heavy atom. The van der Waals surface area contributed by atoms with Crippen LogP contribution in [0, 0.1) is 0 Å². The number of allylic oxidation sites excluding steroid dienone is 2. The second kappa shape index (κ2) is 17.4. The predicted octanol–water partition coefficient (Wildman–Crippen LogP) is 9.52. The first-order chi connectivity index (χ1) is 27.9. The van der Waals surface area contributed by atoms with Crippen LogP contribution in [-0.4, -0.2) is 55.9 Å². The highest BCUT2D eigenvalue weighted by Crippen LogP contribution is 2.40. The summed E-state index contributed by atoms with van der Waals surface area (Å²) in [6, 6.07) is 34.1. The Morgan fingerprint density at radius 2 is 0.707 bits per heavy atom. The van der Waals surface area contributed by atoms with Crippen LogP contribution in [0.15, 0.2) is 146 Å². The Hall–Kier alpha value is -8.38. The number of hydrogen-bond acceptors (Lipinski definition) is 8. The maximum absolute atomic E-state index is 12.7. The molecule has 0 unspecified atom stereocenters. The zero-order chi connectivity index (χ0) is 41.3. The Bertz CT molecular complexity index is 2440. The standard InChI is InChI=1S/C46H30O12/c47-35(29-7-3-1-4-8-29)23-15-27-11-17-31(18-12-27)57-37-25-21-33(39(43(49)50)41(37)45(53)54)34-22-26-38(42(46(55)56)40(34)44(51)52)58-32-19-13-28(14-20-32)16-24-36(48)30-9-5-2-6-10-30/h1-26H,(H,49,50)(H,51,52)(H,53,54)(H,55,56)/b23-15+,24-16+. The molecular formula is C46H30O12. The highest BCUT2D eigenvalue weighted by Gasteiger charge is 2.32. The highest BCUT2D eigenvalue weighted by atomic mass is 16.5. The smallest absolute Gasteiger partial charge is 0.340 e. The summed E-state index contributed by atoms with van der Waals surface area (Å²) >= 11 is 0. The quantitative estimate of drug-likeness (QED) is 0.0569. The molecule has 0 spiro atoms. The molecule has 12 heteroatoms. The van der Waals surface area contributed by atoms with Gasteiger partial charge in [-0.25, -0.2) is 19.2 Å². The van der Waals surface area contributed by atoms with Crippen LogP contribution < -0.4 is 9.47 Å². The van der Waals surface area contributed by atoms with E-state index in [0.717, 1.165) is 24.3 Å². The molecule has 0 fully saturated rings. The second-order valence-corrected chi connectivity index (χ2v) is 12.4. The SMILES string of the molecule is O=C(/C=C/c1ccc(Oc2ccc(-c3ccc(Oc4ccc(/C=C/C(=O)c5ccccc5)cc4)c(C(=O)O)c3C(=O)O)c(C(=O)O)c2C(=O)O)cc1)c1ccccc1. The summed E-state index contributed by atoms with van der Waals surface area (Å²) < 4.78 is 11.6. The molecule has 0 saturated heterocycles. The number of carboxylic acids is 4. The number of benzene rings is 6. The van der Waals surface area contributed by atoms with Crippen molar-refractivity contribution in [3.05, 3.63) is 190 Å². The first kappa shape index (κ1) is 39.3. The van der Waals surface area contributed by atoms with Gasteiger partial charge in [-0.3, -0.25) is 9.59 Å². The Labute approximate surface area is 329 Å². The number of carboxylic acid groups (broad SMARTS) is 4. The van der Waals surface area contributed by atoms with Crippen LogP contribution in [0.25, 0.3) is 23.3 Å². The monoisotopic (exact) mass is 774 g/mol. The van der Waals surface area contributed by atoms with Gasteiger partial charge in [0, 0.05) is 11.1 Å². The third kappa shape index (κ3) is 8.94. The molecule has 0 aliphatic rings. The van der Waals surface area contributed by atoms with Crippen molar-refractivity contribution in [2.45, 2.75) is 0 Å². The molecule has 0 amide bonds. The molecule has 0 aliphatic carbocycles. The molecular weight excluding hydrogens is 744 g/mol. The van der Waals surface area contributed by atoms with Crippen molar-refractivity contribution in [1.29, 1.82) is 0 Å². The van der Waals surface area contributed by atoms with Crippen molar-refractivity contribution in [3.8, 4) is 34.1 Å². The van der Waals surface area contributed by atoms with Gasteiger partial charge in [0.2, 0.25) is 0 Å². The Balaban J connectivity index is 1.30. The zero-order valence-corrected chi connectivity index (χ0v) is 30.1. The van der Waals surface area contributed by atoms with E-state index < -0.39 is 68.8 Å². The molecule has 286 valence electrons. The number of carbonyl (C=O) groups excluding carboxylic acids is 2. The van der Waals surface area contributed by atoms with E-state index in [4.69, 9.17) is 9.47 Å². The van der Waals surface area contributed by atoms with Crippen molar-refractivity contribution in [1.82, 2.24) is 0 Å². The van der Waals surface area contributed by atoms with E-state index in [1.54, 1.807) is 97.1 Å². The van der Waals surface area contributed by atoms with Crippen molar-refractivity contribution in [3.63, 3.8) is 0 Å². The van der Waals surface area contributed by atoms with Crippen LogP contribution >= 0.6 is 0 Å². The number of rotatable bonds is 15. The maximum Gasteiger partial charge on any atom is 0.340 e. The van der Waals surface area contributed by atoms with E-state index in [-0.39, 0.29) is 23.1 Å². The van der Waals surface area contributed by atoms with Gasteiger partial charge in [0.25, 0.3) is 0 Å². The average molecular weight is 775 g/mol. The number of ketones is 2. The lowest BCUT2D eigenvalue weighted by Gasteiger charge is -2.18. The van der Waals surface area contributed by atoms with E-state index in [2.05, 4.69) is 0 Å². The minimum atomic E-state index is -1.76. The molecule has 0 aromatic heterocycles. The zero-order valence-electron chi connectivity index (χ0n) is 30.1. The van der Waals surface area contributed by atoms with Gasteiger partial charge in [-0.2, -0.15) is 0 Å². The molecule has 58 heavy (non-hydrogen) atoms. The topological polar surface area (TPSA) is 202 Å². The molecule has 0 radical (unpaired) electrons. The van der Waals surface area contributed by atoms with Gasteiger partial charge in [0.1, 0.15) is 34.1 Å². The summed E-state index contributed by atoms with van der Waals surface area (Å²) in [4.78, 5) is 75.5. The van der Waals surface area contributed by atoms with E-state index in [1.165, 1.54) is 36.4 Å². The summed E-state index contributed by atoms with van der Waals surface area (Å²) in [6.45, 7) is 0. The molecule has 6 rings (SSSR count). The van der Waals surface area contributed by atoms with Crippen LogP contribution in [0.4, 0.5) is 0 Å². The molecule has 0 bridgehead atoms. The fraction of sp³-hybridized carbons (Fsp3) is 0. The summed E-state index contributed by atoms with van der Waals surface area (Å²) in [7, 11) is 0. The summed E-state index contributed by atoms with van der Waals surface area (Å²) in [6.07, 6.45) is 5.93.